The fraction of sp³-hybridized carbons (Fsp3) is 0.545. The smallest absolute Gasteiger partial charge is 0.321 e. The largest absolute Gasteiger partial charge is 0.490 e. The van der Waals surface area contributed by atoms with Crippen LogP contribution in [0.4, 0.5) is 4.79 Å². The third-order valence-corrected chi connectivity index (χ3v) is 5.65. The molecule has 1 aliphatic carbocycles. The summed E-state index contributed by atoms with van der Waals surface area (Å²) in [6, 6.07) is 3.17. The third-order valence-electron chi connectivity index (χ3n) is 4.83. The Morgan fingerprint density at radius 3 is 2.27 bits per heavy atom. The second-order valence-electron chi connectivity index (χ2n) is 7.27. The maximum atomic E-state index is 12.1. The molecule has 0 spiro atoms. The van der Waals surface area contributed by atoms with E-state index in [2.05, 4.69) is 20.8 Å². The van der Waals surface area contributed by atoms with Gasteiger partial charge in [0.05, 0.1) is 25.6 Å². The topological polar surface area (TPSA) is 125 Å². The van der Waals surface area contributed by atoms with Gasteiger partial charge < -0.3 is 23.9 Å². The highest BCUT2D eigenvalue weighted by atomic mass is 32.2. The Morgan fingerprint density at radius 2 is 1.67 bits per heavy atom. The van der Waals surface area contributed by atoms with Gasteiger partial charge in [0.15, 0.2) is 11.5 Å². The Bertz CT molecular complexity index is 918. The van der Waals surface area contributed by atoms with Crippen LogP contribution in [0.1, 0.15) is 46.5 Å². The molecule has 1 saturated carbocycles. The van der Waals surface area contributed by atoms with Gasteiger partial charge >= 0.3 is 6.03 Å². The van der Waals surface area contributed by atoms with Crippen LogP contribution in [0.25, 0.3) is 11.5 Å². The minimum Gasteiger partial charge on any atom is -0.490 e. The zero-order valence-electron chi connectivity index (χ0n) is 19.1. The van der Waals surface area contributed by atoms with Gasteiger partial charge in [-0.3, -0.25) is 10.1 Å². The Hall–Kier alpha value is -2.95. The van der Waals surface area contributed by atoms with Gasteiger partial charge in [-0.05, 0) is 45.7 Å². The first kappa shape index (κ1) is 24.7. The number of urea groups is 1. The van der Waals surface area contributed by atoms with E-state index < -0.39 is 11.9 Å². The van der Waals surface area contributed by atoms with Crippen molar-refractivity contribution in [1.82, 2.24) is 20.8 Å². The SMILES string of the molecule is CCOc1cc(-c2nnc(SCC(=O)NC(=O)NC3CCCC3)o2)cc(OCC)c1OCC. The minimum absolute atomic E-state index is 0.0304. The zero-order valence-corrected chi connectivity index (χ0v) is 20.0. The molecule has 1 aliphatic rings. The molecular weight excluding hydrogens is 448 g/mol. The lowest BCUT2D eigenvalue weighted by molar-refractivity contribution is -0.117. The molecule has 2 N–H and O–H groups in total. The highest BCUT2D eigenvalue weighted by molar-refractivity contribution is 7.99. The molecule has 1 aromatic heterocycles. The molecule has 180 valence electrons. The van der Waals surface area contributed by atoms with Crippen LogP contribution in [0, 0.1) is 0 Å². The summed E-state index contributed by atoms with van der Waals surface area (Å²) in [6.45, 7) is 7.00. The van der Waals surface area contributed by atoms with Crippen LogP contribution in [-0.4, -0.2) is 53.8 Å². The highest BCUT2D eigenvalue weighted by Gasteiger charge is 2.20. The lowest BCUT2D eigenvalue weighted by atomic mass is 10.2. The van der Waals surface area contributed by atoms with Crippen LogP contribution in [0.3, 0.4) is 0 Å². The van der Waals surface area contributed by atoms with Gasteiger partial charge in [0.2, 0.25) is 17.5 Å². The van der Waals surface area contributed by atoms with Gasteiger partial charge in [-0.15, -0.1) is 10.2 Å². The van der Waals surface area contributed by atoms with Crippen molar-refractivity contribution in [3.05, 3.63) is 12.1 Å². The molecule has 0 unspecified atom stereocenters. The van der Waals surface area contributed by atoms with Gasteiger partial charge in [-0.2, -0.15) is 0 Å². The molecule has 0 bridgehead atoms. The van der Waals surface area contributed by atoms with E-state index in [1.807, 2.05) is 20.8 Å². The Labute approximate surface area is 197 Å². The van der Waals surface area contributed by atoms with E-state index in [0.717, 1.165) is 37.4 Å². The number of benzene rings is 1. The van der Waals surface area contributed by atoms with E-state index in [1.54, 1.807) is 12.1 Å². The first-order chi connectivity index (χ1) is 16.0. The molecule has 33 heavy (non-hydrogen) atoms. The lowest BCUT2D eigenvalue weighted by Crippen LogP contribution is -2.44. The molecule has 2 aromatic rings. The fourth-order valence-electron chi connectivity index (χ4n) is 3.48. The minimum atomic E-state index is -0.472. The van der Waals surface area contributed by atoms with E-state index in [0.29, 0.717) is 42.6 Å². The van der Waals surface area contributed by atoms with Crippen molar-refractivity contribution in [2.24, 2.45) is 0 Å². The van der Waals surface area contributed by atoms with Crippen molar-refractivity contribution in [3.63, 3.8) is 0 Å². The van der Waals surface area contributed by atoms with E-state index in [-0.39, 0.29) is 22.9 Å². The molecule has 1 heterocycles. The highest BCUT2D eigenvalue weighted by Crippen LogP contribution is 2.42. The van der Waals surface area contributed by atoms with Gasteiger partial charge in [0, 0.05) is 11.6 Å². The summed E-state index contributed by atoms with van der Waals surface area (Å²) in [5, 5.41) is 13.4. The molecule has 3 amide bonds. The number of hydrogen-bond donors (Lipinski definition) is 2. The average molecular weight is 479 g/mol. The van der Waals surface area contributed by atoms with Crippen LogP contribution >= 0.6 is 11.8 Å². The number of hydrogen-bond acceptors (Lipinski definition) is 9. The maximum absolute atomic E-state index is 12.1. The van der Waals surface area contributed by atoms with Gasteiger partial charge in [0.1, 0.15) is 0 Å². The van der Waals surface area contributed by atoms with Crippen molar-refractivity contribution in [1.29, 1.82) is 0 Å². The number of nitrogens with one attached hydrogen (secondary N) is 2. The van der Waals surface area contributed by atoms with Crippen LogP contribution < -0.4 is 24.8 Å². The number of nitrogens with zero attached hydrogens (tertiary/aromatic N) is 2. The normalized spacial score (nSPS) is 13.5. The molecule has 1 aromatic carbocycles. The second kappa shape index (κ2) is 12.3. The van der Waals surface area contributed by atoms with E-state index in [4.69, 9.17) is 18.6 Å². The number of aromatic nitrogens is 2. The molecule has 0 radical (unpaired) electrons. The molecule has 0 atom stereocenters. The number of rotatable bonds is 11. The van der Waals surface area contributed by atoms with Crippen molar-refractivity contribution in [2.75, 3.05) is 25.6 Å². The predicted octanol–water partition coefficient (Wildman–Crippen LogP) is 3.79. The van der Waals surface area contributed by atoms with Gasteiger partial charge in [-0.1, -0.05) is 24.6 Å². The average Bonchev–Trinajstić information content (AvgIpc) is 3.47. The fourth-order valence-corrected chi connectivity index (χ4v) is 4.04. The van der Waals surface area contributed by atoms with Crippen molar-refractivity contribution in [2.45, 2.75) is 57.7 Å². The van der Waals surface area contributed by atoms with Crippen molar-refractivity contribution in [3.8, 4) is 28.7 Å². The van der Waals surface area contributed by atoms with Gasteiger partial charge in [0.25, 0.3) is 5.22 Å². The molecule has 0 aliphatic heterocycles. The molecule has 3 rings (SSSR count). The molecule has 1 fully saturated rings. The van der Waals surface area contributed by atoms with Crippen molar-refractivity contribution < 1.29 is 28.2 Å². The summed E-state index contributed by atoms with van der Waals surface area (Å²) >= 11 is 1.05. The number of ether oxygens (including phenoxy) is 3. The first-order valence-electron chi connectivity index (χ1n) is 11.2. The molecule has 11 heteroatoms. The summed E-state index contributed by atoms with van der Waals surface area (Å²) in [6.07, 6.45) is 4.09. The number of imide groups is 1. The summed E-state index contributed by atoms with van der Waals surface area (Å²) in [5.41, 5.74) is 0.602. The molecule has 0 saturated heterocycles. The third kappa shape index (κ3) is 7.01. The van der Waals surface area contributed by atoms with E-state index >= 15 is 0 Å². The Morgan fingerprint density at radius 1 is 1.03 bits per heavy atom. The van der Waals surface area contributed by atoms with Crippen molar-refractivity contribution >= 4 is 23.7 Å². The number of carbonyl (C=O) groups excluding carboxylic acids is 2. The Balaban J connectivity index is 1.63. The monoisotopic (exact) mass is 478 g/mol. The number of carbonyl (C=O) groups is 2. The lowest BCUT2D eigenvalue weighted by Gasteiger charge is -2.16. The van der Waals surface area contributed by atoms with Crippen LogP contribution in [-0.2, 0) is 4.79 Å². The Kier molecular flexibility index (Phi) is 9.23. The summed E-state index contributed by atoms with van der Waals surface area (Å²) in [7, 11) is 0. The quantitative estimate of drug-likeness (QED) is 0.464. The van der Waals surface area contributed by atoms with E-state index in [1.165, 1.54) is 0 Å². The van der Waals surface area contributed by atoms with Crippen LogP contribution in [0.15, 0.2) is 21.8 Å². The number of thioether (sulfide) groups is 1. The zero-order chi connectivity index (χ0) is 23.6. The molecule has 10 nitrogen and oxygen atoms in total. The molecular formula is C22H30N4O6S. The second-order valence-corrected chi connectivity index (χ2v) is 8.19. The van der Waals surface area contributed by atoms with Crippen LogP contribution in [0.5, 0.6) is 17.2 Å². The van der Waals surface area contributed by atoms with E-state index in [9.17, 15) is 9.59 Å². The summed E-state index contributed by atoms with van der Waals surface area (Å²) in [5.74, 6) is 1.33. The predicted molar refractivity (Wildman–Crippen MR) is 123 cm³/mol. The van der Waals surface area contributed by atoms with Crippen LogP contribution in [0.2, 0.25) is 0 Å². The first-order valence-corrected chi connectivity index (χ1v) is 12.2. The maximum Gasteiger partial charge on any atom is 0.321 e. The summed E-state index contributed by atoms with van der Waals surface area (Å²) < 4.78 is 22.9. The number of amides is 3. The van der Waals surface area contributed by atoms with Gasteiger partial charge in [-0.25, -0.2) is 4.79 Å². The summed E-state index contributed by atoms with van der Waals surface area (Å²) in [4.78, 5) is 24.0. The standard InChI is InChI=1S/C22H30N4O6S/c1-4-29-16-11-14(12-17(30-5-2)19(16)31-6-3)20-25-26-22(32-20)33-13-18(27)24-21(28)23-15-9-7-8-10-15/h11-12,15H,4-10,13H2,1-3H3,(H2,23,24,27,28).